The van der Waals surface area contributed by atoms with E-state index in [1.807, 2.05) is 0 Å². The lowest BCUT2D eigenvalue weighted by Gasteiger charge is -2.28. The summed E-state index contributed by atoms with van der Waals surface area (Å²) in [5, 5.41) is 8.39. The van der Waals surface area contributed by atoms with Gasteiger partial charge in [-0.2, -0.15) is 0 Å². The standard InChI is InChI=1S/C22H28F5N5O2/c23-19(24)11-30-17(9-16(28)12-6-18(21(29)31-10-12)34-22(25,26)27)20-14-7-13(8-15(14)20)32-2-1-4-33-5-3-32/h6,10,13-15,19-20,28H,1-5,7-9,11H2,(H2,29,31). The van der Waals surface area contributed by atoms with Crippen LogP contribution in [0.2, 0.25) is 0 Å². The zero-order chi connectivity index (χ0) is 24.5. The van der Waals surface area contributed by atoms with Crippen LogP contribution in [0.25, 0.3) is 0 Å². The first-order chi connectivity index (χ1) is 16.1. The number of nitrogens with two attached hydrogens (primary N) is 1. The van der Waals surface area contributed by atoms with Crippen molar-refractivity contribution in [3.05, 3.63) is 17.8 Å². The number of nitrogen functional groups attached to an aromatic ring is 1. The van der Waals surface area contributed by atoms with E-state index in [4.69, 9.17) is 15.9 Å². The molecular formula is C22H28F5N5O2. The number of ether oxygens (including phenoxy) is 2. The molecular weight excluding hydrogens is 461 g/mol. The first-order valence-electron chi connectivity index (χ1n) is 11.3. The molecule has 188 valence electrons. The molecule has 2 atom stereocenters. The molecule has 0 bridgehead atoms. The predicted octanol–water partition coefficient (Wildman–Crippen LogP) is 3.77. The maximum Gasteiger partial charge on any atom is 0.573 e. The molecule has 0 spiro atoms. The summed E-state index contributed by atoms with van der Waals surface area (Å²) >= 11 is 0. The highest BCUT2D eigenvalue weighted by Crippen LogP contribution is 2.59. The summed E-state index contributed by atoms with van der Waals surface area (Å²) in [5.41, 5.74) is 5.97. The van der Waals surface area contributed by atoms with Gasteiger partial charge in [0, 0.05) is 61.3 Å². The third-order valence-electron chi connectivity index (χ3n) is 6.82. The van der Waals surface area contributed by atoms with E-state index in [0.717, 1.165) is 45.0 Å². The van der Waals surface area contributed by atoms with E-state index >= 15 is 0 Å². The summed E-state index contributed by atoms with van der Waals surface area (Å²) in [6, 6.07) is 1.43. The molecule has 3 fully saturated rings. The van der Waals surface area contributed by atoms with Crippen LogP contribution in [0, 0.1) is 23.2 Å². The molecule has 4 rings (SSSR count). The number of rotatable bonds is 8. The summed E-state index contributed by atoms with van der Waals surface area (Å²) in [4.78, 5) is 10.3. The molecule has 1 aromatic rings. The minimum atomic E-state index is -4.96. The molecule has 1 aromatic heterocycles. The molecule has 7 nitrogen and oxygen atoms in total. The smallest absolute Gasteiger partial charge is 0.402 e. The Hall–Kier alpha value is -2.34. The number of halogens is 5. The zero-order valence-corrected chi connectivity index (χ0v) is 18.5. The molecule has 12 heteroatoms. The molecule has 3 N–H and O–H groups in total. The van der Waals surface area contributed by atoms with Gasteiger partial charge in [-0.3, -0.25) is 9.89 Å². The van der Waals surface area contributed by atoms with Crippen molar-refractivity contribution in [2.24, 2.45) is 22.7 Å². The SMILES string of the molecule is N=C(CC(=NCC(F)F)C1C2CC(N3CCCOCC3)CC21)c1cnc(N)c(OC(F)(F)F)c1. The number of anilines is 1. The normalized spacial score (nSPS) is 28.0. The molecule has 2 saturated carbocycles. The second-order valence-electron chi connectivity index (χ2n) is 9.01. The molecule has 34 heavy (non-hydrogen) atoms. The number of aliphatic imine (C=N–C) groups is 1. The third-order valence-corrected chi connectivity index (χ3v) is 6.82. The van der Waals surface area contributed by atoms with Gasteiger partial charge in [0.1, 0.15) is 0 Å². The van der Waals surface area contributed by atoms with Crippen LogP contribution in [-0.2, 0) is 4.74 Å². The number of pyridine rings is 1. The Bertz CT molecular complexity index is 905. The van der Waals surface area contributed by atoms with Crippen molar-refractivity contribution < 1.29 is 31.4 Å². The van der Waals surface area contributed by atoms with Crippen molar-refractivity contribution in [3.8, 4) is 5.75 Å². The summed E-state index contributed by atoms with van der Waals surface area (Å²) in [6.07, 6.45) is -3.55. The molecule has 1 saturated heterocycles. The van der Waals surface area contributed by atoms with E-state index in [1.165, 1.54) is 6.20 Å². The summed E-state index contributed by atoms with van der Waals surface area (Å²) in [5.74, 6) is -0.485. The Labute approximate surface area is 194 Å². The lowest BCUT2D eigenvalue weighted by Crippen LogP contribution is -2.37. The number of alkyl halides is 5. The summed E-state index contributed by atoms with van der Waals surface area (Å²) in [6.45, 7) is 2.69. The minimum Gasteiger partial charge on any atom is -0.402 e. The Morgan fingerprint density at radius 2 is 2.00 bits per heavy atom. The van der Waals surface area contributed by atoms with Gasteiger partial charge in [0.2, 0.25) is 0 Å². The minimum absolute atomic E-state index is 0.0196. The average molecular weight is 489 g/mol. The van der Waals surface area contributed by atoms with Gasteiger partial charge in [0.05, 0.1) is 13.2 Å². The maximum absolute atomic E-state index is 12.9. The van der Waals surface area contributed by atoms with E-state index in [-0.39, 0.29) is 23.6 Å². The van der Waals surface area contributed by atoms with Crippen LogP contribution in [0.5, 0.6) is 5.75 Å². The predicted molar refractivity (Wildman–Crippen MR) is 116 cm³/mol. The van der Waals surface area contributed by atoms with Crippen molar-refractivity contribution in [2.45, 2.75) is 44.5 Å². The van der Waals surface area contributed by atoms with Gasteiger partial charge < -0.3 is 20.6 Å². The van der Waals surface area contributed by atoms with Crippen LogP contribution < -0.4 is 10.5 Å². The van der Waals surface area contributed by atoms with Gasteiger partial charge in [0.25, 0.3) is 6.43 Å². The second kappa shape index (κ2) is 10.1. The average Bonchev–Trinajstić information content (AvgIpc) is 3.37. The summed E-state index contributed by atoms with van der Waals surface area (Å²) in [7, 11) is 0. The lowest BCUT2D eigenvalue weighted by molar-refractivity contribution is -0.274. The van der Waals surface area contributed by atoms with Crippen LogP contribution in [0.1, 0.15) is 31.2 Å². The van der Waals surface area contributed by atoms with Crippen LogP contribution in [-0.4, -0.2) is 73.0 Å². The van der Waals surface area contributed by atoms with Crippen molar-refractivity contribution in [1.29, 1.82) is 5.41 Å². The second-order valence-corrected chi connectivity index (χ2v) is 9.01. The third kappa shape index (κ3) is 6.01. The molecule has 2 unspecified atom stereocenters. The summed E-state index contributed by atoms with van der Waals surface area (Å²) < 4.78 is 73.1. The monoisotopic (exact) mass is 489 g/mol. The van der Waals surface area contributed by atoms with E-state index in [1.54, 1.807) is 0 Å². The number of aromatic nitrogens is 1. The molecule has 1 aliphatic heterocycles. The van der Waals surface area contributed by atoms with E-state index in [9.17, 15) is 22.0 Å². The van der Waals surface area contributed by atoms with E-state index in [2.05, 4.69) is 19.6 Å². The number of nitrogens with one attached hydrogen (secondary N) is 1. The van der Waals surface area contributed by atoms with Gasteiger partial charge in [-0.15, -0.1) is 13.2 Å². The highest BCUT2D eigenvalue weighted by atomic mass is 19.4. The first-order valence-corrected chi connectivity index (χ1v) is 11.3. The first kappa shape index (κ1) is 24.8. The Kier molecular flexibility index (Phi) is 7.36. The fourth-order valence-corrected chi connectivity index (χ4v) is 5.31. The van der Waals surface area contributed by atoms with Crippen LogP contribution in [0.15, 0.2) is 17.3 Å². The Morgan fingerprint density at radius 1 is 1.26 bits per heavy atom. The molecule has 3 aliphatic rings. The van der Waals surface area contributed by atoms with E-state index in [0.29, 0.717) is 30.2 Å². The highest BCUT2D eigenvalue weighted by Gasteiger charge is 2.58. The van der Waals surface area contributed by atoms with Crippen molar-refractivity contribution >= 4 is 17.2 Å². The molecule has 0 amide bonds. The van der Waals surface area contributed by atoms with E-state index < -0.39 is 30.9 Å². The lowest BCUT2D eigenvalue weighted by atomic mass is 9.97. The van der Waals surface area contributed by atoms with Gasteiger partial charge in [-0.25, -0.2) is 13.8 Å². The van der Waals surface area contributed by atoms with Crippen molar-refractivity contribution in [3.63, 3.8) is 0 Å². The maximum atomic E-state index is 12.9. The fourth-order valence-electron chi connectivity index (χ4n) is 5.31. The van der Waals surface area contributed by atoms with Crippen LogP contribution in [0.4, 0.5) is 27.8 Å². The Balaban J connectivity index is 1.43. The molecule has 0 aromatic carbocycles. The number of fused-ring (bicyclic) bond motifs is 1. The van der Waals surface area contributed by atoms with Crippen molar-refractivity contribution in [2.75, 3.05) is 38.6 Å². The van der Waals surface area contributed by atoms with Gasteiger partial charge in [0.15, 0.2) is 11.6 Å². The van der Waals surface area contributed by atoms with Gasteiger partial charge in [-0.1, -0.05) is 0 Å². The van der Waals surface area contributed by atoms with Crippen LogP contribution >= 0.6 is 0 Å². The quantitative estimate of drug-likeness (QED) is 0.428. The molecule has 2 aliphatic carbocycles. The zero-order valence-electron chi connectivity index (χ0n) is 18.5. The molecule has 0 radical (unpaired) electrons. The number of nitrogens with zero attached hydrogens (tertiary/aromatic N) is 3. The van der Waals surface area contributed by atoms with Crippen molar-refractivity contribution in [1.82, 2.24) is 9.88 Å². The number of hydrogen-bond acceptors (Lipinski definition) is 7. The number of hydrogen-bond donors (Lipinski definition) is 2. The molecule has 2 heterocycles. The van der Waals surface area contributed by atoms with Crippen LogP contribution in [0.3, 0.4) is 0 Å². The van der Waals surface area contributed by atoms with Gasteiger partial charge in [-0.05, 0) is 37.2 Å². The largest absolute Gasteiger partial charge is 0.573 e. The Morgan fingerprint density at radius 3 is 2.68 bits per heavy atom. The topological polar surface area (TPSA) is 96.8 Å². The van der Waals surface area contributed by atoms with Gasteiger partial charge >= 0.3 is 6.36 Å². The fraction of sp³-hybridized carbons (Fsp3) is 0.682. The highest BCUT2D eigenvalue weighted by molar-refractivity contribution is 6.12.